The molecule has 158 valence electrons. The van der Waals surface area contributed by atoms with Crippen LogP contribution in [-0.2, 0) is 0 Å². The third-order valence-corrected chi connectivity index (χ3v) is 7.24. The van der Waals surface area contributed by atoms with E-state index in [4.69, 9.17) is 14.6 Å². The standard InChI is InChI=1S/C24H24N4O2S/c1-2-6-16(7-3-1)17-10-12-18(13-11-17)19-15-31-24-26-25-23(28(24)27-19)22-14-29-20-8-4-5-9-21(20)30-22/h4-5,8-13,16,22H,1-3,6-7,14-15H2. The lowest BCUT2D eigenvalue weighted by molar-refractivity contribution is 0.0823. The Bertz CT molecular complexity index is 1120. The van der Waals surface area contributed by atoms with Crippen molar-refractivity contribution in [2.45, 2.75) is 49.3 Å². The topological polar surface area (TPSA) is 61.5 Å². The van der Waals surface area contributed by atoms with Crippen LogP contribution < -0.4 is 9.47 Å². The normalized spacial score (nSPS) is 20.8. The first-order chi connectivity index (χ1) is 15.3. The molecule has 0 N–H and O–H groups in total. The minimum atomic E-state index is -0.339. The van der Waals surface area contributed by atoms with Crippen molar-refractivity contribution in [3.8, 4) is 11.5 Å². The third-order valence-electron chi connectivity index (χ3n) is 6.31. The monoisotopic (exact) mass is 432 g/mol. The predicted octanol–water partition coefficient (Wildman–Crippen LogP) is 5.20. The number of rotatable bonds is 3. The molecule has 1 fully saturated rings. The Balaban J connectivity index is 1.26. The molecule has 0 saturated heterocycles. The molecule has 7 heteroatoms. The van der Waals surface area contributed by atoms with Crippen LogP contribution in [0.15, 0.2) is 58.8 Å². The molecule has 0 radical (unpaired) electrons. The van der Waals surface area contributed by atoms with Gasteiger partial charge in [0.15, 0.2) is 23.4 Å². The number of thioether (sulfide) groups is 1. The van der Waals surface area contributed by atoms with Gasteiger partial charge in [-0.05, 0) is 42.0 Å². The van der Waals surface area contributed by atoms with E-state index in [-0.39, 0.29) is 6.10 Å². The molecular weight excluding hydrogens is 408 g/mol. The van der Waals surface area contributed by atoms with Gasteiger partial charge in [-0.25, -0.2) is 0 Å². The van der Waals surface area contributed by atoms with Crippen molar-refractivity contribution in [3.63, 3.8) is 0 Å². The van der Waals surface area contributed by atoms with E-state index in [9.17, 15) is 0 Å². The van der Waals surface area contributed by atoms with Crippen LogP contribution in [-0.4, -0.2) is 32.9 Å². The average molecular weight is 433 g/mol. The van der Waals surface area contributed by atoms with Crippen molar-refractivity contribution in [3.05, 3.63) is 65.5 Å². The summed E-state index contributed by atoms with van der Waals surface area (Å²) < 4.78 is 13.8. The van der Waals surface area contributed by atoms with Crippen molar-refractivity contribution < 1.29 is 9.47 Å². The van der Waals surface area contributed by atoms with Crippen LogP contribution in [0.25, 0.3) is 0 Å². The molecule has 1 atom stereocenters. The zero-order valence-electron chi connectivity index (χ0n) is 17.2. The van der Waals surface area contributed by atoms with Gasteiger partial charge in [-0.3, -0.25) is 0 Å². The Kier molecular flexibility index (Phi) is 4.91. The summed E-state index contributed by atoms with van der Waals surface area (Å²) in [5.41, 5.74) is 3.65. The number of aromatic nitrogens is 3. The van der Waals surface area contributed by atoms with Crippen LogP contribution in [0.2, 0.25) is 0 Å². The third kappa shape index (κ3) is 3.61. The molecule has 3 heterocycles. The highest BCUT2D eigenvalue weighted by Gasteiger charge is 2.30. The van der Waals surface area contributed by atoms with Crippen LogP contribution >= 0.6 is 11.8 Å². The maximum atomic E-state index is 6.14. The van der Waals surface area contributed by atoms with Gasteiger partial charge in [0, 0.05) is 5.75 Å². The number of ether oxygens (including phenoxy) is 2. The summed E-state index contributed by atoms with van der Waals surface area (Å²) in [5, 5.41) is 14.4. The molecular formula is C24H24N4O2S. The quantitative estimate of drug-likeness (QED) is 0.570. The Morgan fingerprint density at radius 2 is 1.71 bits per heavy atom. The van der Waals surface area contributed by atoms with Crippen LogP contribution in [0.3, 0.4) is 0 Å². The van der Waals surface area contributed by atoms with E-state index in [2.05, 4.69) is 34.5 Å². The molecule has 6 rings (SSSR count). The van der Waals surface area contributed by atoms with Gasteiger partial charge in [0.2, 0.25) is 5.16 Å². The summed E-state index contributed by atoms with van der Waals surface area (Å²) in [5.74, 6) is 3.66. The first-order valence-corrected chi connectivity index (χ1v) is 12.0. The molecule has 0 bridgehead atoms. The van der Waals surface area contributed by atoms with Gasteiger partial charge < -0.3 is 9.47 Å². The lowest BCUT2D eigenvalue weighted by Gasteiger charge is -2.26. The molecule has 6 nitrogen and oxygen atoms in total. The molecule has 0 spiro atoms. The summed E-state index contributed by atoms with van der Waals surface area (Å²) in [6, 6.07) is 16.7. The van der Waals surface area contributed by atoms with Gasteiger partial charge in [-0.2, -0.15) is 9.78 Å². The van der Waals surface area contributed by atoms with Crippen LogP contribution in [0.4, 0.5) is 0 Å². The Labute approximate surface area is 185 Å². The van der Waals surface area contributed by atoms with Gasteiger partial charge in [0.25, 0.3) is 0 Å². The molecule has 2 aromatic carbocycles. The highest BCUT2D eigenvalue weighted by molar-refractivity contribution is 7.99. The van der Waals surface area contributed by atoms with E-state index < -0.39 is 0 Å². The van der Waals surface area contributed by atoms with Crippen LogP contribution in [0.5, 0.6) is 11.5 Å². The number of benzene rings is 2. The summed E-state index contributed by atoms with van der Waals surface area (Å²) in [7, 11) is 0. The Morgan fingerprint density at radius 3 is 2.55 bits per heavy atom. The highest BCUT2D eigenvalue weighted by atomic mass is 32.2. The lowest BCUT2D eigenvalue weighted by Crippen LogP contribution is -2.25. The van der Waals surface area contributed by atoms with E-state index >= 15 is 0 Å². The van der Waals surface area contributed by atoms with Gasteiger partial charge >= 0.3 is 0 Å². The Morgan fingerprint density at radius 1 is 0.903 bits per heavy atom. The zero-order valence-corrected chi connectivity index (χ0v) is 18.1. The van der Waals surface area contributed by atoms with E-state index in [1.165, 1.54) is 37.7 Å². The predicted molar refractivity (Wildman–Crippen MR) is 120 cm³/mol. The second-order valence-electron chi connectivity index (χ2n) is 8.31. The van der Waals surface area contributed by atoms with E-state index in [0.29, 0.717) is 18.3 Å². The fourth-order valence-corrected chi connectivity index (χ4v) is 5.46. The van der Waals surface area contributed by atoms with Gasteiger partial charge in [0.1, 0.15) is 6.61 Å². The Hall–Kier alpha value is -2.80. The molecule has 1 unspecified atom stereocenters. The highest BCUT2D eigenvalue weighted by Crippen LogP contribution is 2.37. The maximum absolute atomic E-state index is 6.14. The largest absolute Gasteiger partial charge is 0.485 e. The summed E-state index contributed by atoms with van der Waals surface area (Å²) >= 11 is 1.66. The second-order valence-corrected chi connectivity index (χ2v) is 9.25. The second kappa shape index (κ2) is 8.04. The summed E-state index contributed by atoms with van der Waals surface area (Å²) in [6.45, 7) is 0.390. The number of hydrogen-bond acceptors (Lipinski definition) is 6. The minimum Gasteiger partial charge on any atom is -0.485 e. The lowest BCUT2D eigenvalue weighted by atomic mass is 9.84. The molecule has 31 heavy (non-hydrogen) atoms. The molecule has 3 aliphatic rings. The minimum absolute atomic E-state index is 0.339. The molecule has 1 aromatic heterocycles. The average Bonchev–Trinajstić information content (AvgIpc) is 3.28. The smallest absolute Gasteiger partial charge is 0.212 e. The van der Waals surface area contributed by atoms with Crippen molar-refractivity contribution >= 4 is 17.5 Å². The molecule has 0 amide bonds. The zero-order chi connectivity index (χ0) is 20.6. The maximum Gasteiger partial charge on any atom is 0.212 e. The number of para-hydroxylation sites is 2. The first-order valence-electron chi connectivity index (χ1n) is 11.0. The number of nitrogens with zero attached hydrogens (tertiary/aromatic N) is 4. The first kappa shape index (κ1) is 18.9. The van der Waals surface area contributed by atoms with Crippen molar-refractivity contribution in [2.24, 2.45) is 5.10 Å². The molecule has 2 aliphatic heterocycles. The van der Waals surface area contributed by atoms with E-state index in [1.54, 1.807) is 11.8 Å². The van der Waals surface area contributed by atoms with E-state index in [0.717, 1.165) is 33.7 Å². The van der Waals surface area contributed by atoms with Crippen molar-refractivity contribution in [1.29, 1.82) is 0 Å². The molecule has 1 saturated carbocycles. The van der Waals surface area contributed by atoms with Crippen LogP contribution in [0, 0.1) is 0 Å². The SMILES string of the molecule is c1ccc2c(c1)OCC(c1nnc3n1N=C(c1ccc(C4CCCCC4)cc1)CS3)O2. The van der Waals surface area contributed by atoms with E-state index in [1.807, 2.05) is 28.9 Å². The number of fused-ring (bicyclic) bond motifs is 2. The van der Waals surface area contributed by atoms with Crippen molar-refractivity contribution in [1.82, 2.24) is 14.9 Å². The number of hydrogen-bond donors (Lipinski definition) is 0. The fraction of sp³-hybridized carbons (Fsp3) is 0.375. The van der Waals surface area contributed by atoms with Crippen LogP contribution in [0.1, 0.15) is 61.1 Å². The summed E-state index contributed by atoms with van der Waals surface area (Å²) in [6.07, 6.45) is 6.38. The van der Waals surface area contributed by atoms with Gasteiger partial charge in [0.05, 0.1) is 5.71 Å². The van der Waals surface area contributed by atoms with Gasteiger partial charge in [-0.15, -0.1) is 10.2 Å². The fourth-order valence-electron chi connectivity index (χ4n) is 4.62. The molecule has 1 aliphatic carbocycles. The summed E-state index contributed by atoms with van der Waals surface area (Å²) in [4.78, 5) is 0. The van der Waals surface area contributed by atoms with Gasteiger partial charge in [-0.1, -0.05) is 67.4 Å². The van der Waals surface area contributed by atoms with Crippen molar-refractivity contribution in [2.75, 3.05) is 12.4 Å². The molecule has 3 aromatic rings.